The Morgan fingerprint density at radius 2 is 1.89 bits per heavy atom. The van der Waals surface area contributed by atoms with Crippen LogP contribution in [0.15, 0.2) is 42.0 Å². The third-order valence-corrected chi connectivity index (χ3v) is 6.15. The van der Waals surface area contributed by atoms with Crippen molar-refractivity contribution in [3.8, 4) is 0 Å². The molecule has 1 aliphatic rings. The van der Waals surface area contributed by atoms with Crippen LogP contribution in [0.5, 0.6) is 0 Å². The molecule has 2 rings (SSSR count). The van der Waals surface area contributed by atoms with Gasteiger partial charge in [0.15, 0.2) is 0 Å². The largest absolute Gasteiger partial charge is 0.481 e. The van der Waals surface area contributed by atoms with Gasteiger partial charge in [0.05, 0.1) is 0 Å². The van der Waals surface area contributed by atoms with Crippen molar-refractivity contribution in [3.05, 3.63) is 53.1 Å². The monoisotopic (exact) mass is 514 g/mol. The fourth-order valence-electron chi connectivity index (χ4n) is 4.23. The summed E-state index contributed by atoms with van der Waals surface area (Å²) in [4.78, 5) is 47.8. The Hall–Kier alpha value is -3.66. The zero-order chi connectivity index (χ0) is 27.2. The van der Waals surface area contributed by atoms with Crippen LogP contribution in [0.1, 0.15) is 63.0 Å². The predicted octanol–water partition coefficient (Wildman–Crippen LogP) is 2.45. The first-order chi connectivity index (χ1) is 17.8. The number of hydrogen-bond donors (Lipinski definition) is 5. The van der Waals surface area contributed by atoms with E-state index in [0.717, 1.165) is 22.3 Å². The Kier molecular flexibility index (Phi) is 12.3. The van der Waals surface area contributed by atoms with Crippen LogP contribution < -0.4 is 21.7 Å². The smallest absolute Gasteiger partial charge is 0.407 e. The van der Waals surface area contributed by atoms with Gasteiger partial charge in [-0.1, -0.05) is 42.0 Å². The summed E-state index contributed by atoms with van der Waals surface area (Å²) in [7, 11) is 0. The number of carbonyl (C=O) groups is 4. The van der Waals surface area contributed by atoms with E-state index in [0.29, 0.717) is 25.8 Å². The Balaban J connectivity index is 1.85. The van der Waals surface area contributed by atoms with Crippen molar-refractivity contribution in [3.63, 3.8) is 0 Å². The lowest BCUT2D eigenvalue weighted by Crippen LogP contribution is -2.49. The number of carboxylic acid groups (broad SMARTS) is 1. The molecule has 0 saturated heterocycles. The number of carboxylic acids is 1. The number of alkyl carbamates (subject to hydrolysis) is 1. The van der Waals surface area contributed by atoms with E-state index in [1.54, 1.807) is 0 Å². The maximum absolute atomic E-state index is 12.5. The number of carbonyl (C=O) groups excluding carboxylic acids is 3. The van der Waals surface area contributed by atoms with E-state index in [2.05, 4.69) is 16.0 Å². The molecular weight excluding hydrogens is 476 g/mol. The molecule has 2 atom stereocenters. The number of fused-ring (bicyclic) bond motifs is 1. The van der Waals surface area contributed by atoms with E-state index < -0.39 is 29.9 Å². The van der Waals surface area contributed by atoms with Crippen LogP contribution in [-0.4, -0.2) is 61.3 Å². The summed E-state index contributed by atoms with van der Waals surface area (Å²) in [5.74, 6) is -1.95. The quantitative estimate of drug-likeness (QED) is 0.225. The number of amides is 3. The van der Waals surface area contributed by atoms with Crippen molar-refractivity contribution in [2.24, 2.45) is 5.73 Å². The highest BCUT2D eigenvalue weighted by Gasteiger charge is 2.28. The number of allylic oxidation sites excluding steroid dienone is 3. The highest BCUT2D eigenvalue weighted by atomic mass is 16.5. The molecule has 1 aromatic rings. The number of nitrogens with two attached hydrogens (primary N) is 1. The minimum atomic E-state index is -0.943. The number of hydrogen-bond acceptors (Lipinski definition) is 6. The molecule has 0 spiro atoms. The molecule has 202 valence electrons. The van der Waals surface area contributed by atoms with Gasteiger partial charge in [-0.25, -0.2) is 4.79 Å². The molecule has 0 heterocycles. The Labute approximate surface area is 217 Å². The second-order valence-electron chi connectivity index (χ2n) is 8.88. The van der Waals surface area contributed by atoms with Crippen LogP contribution in [0.3, 0.4) is 0 Å². The lowest BCUT2D eigenvalue weighted by molar-refractivity contribution is -0.137. The van der Waals surface area contributed by atoms with E-state index in [1.807, 2.05) is 50.3 Å². The molecule has 1 aliphatic carbocycles. The van der Waals surface area contributed by atoms with Gasteiger partial charge < -0.3 is 31.5 Å². The van der Waals surface area contributed by atoms with Gasteiger partial charge in [-0.05, 0) is 62.8 Å². The van der Waals surface area contributed by atoms with Crippen molar-refractivity contribution in [2.75, 3.05) is 26.2 Å². The minimum absolute atomic E-state index is 0.0606. The Bertz CT molecular complexity index is 1020. The summed E-state index contributed by atoms with van der Waals surface area (Å²) < 4.78 is 5.42. The van der Waals surface area contributed by atoms with Gasteiger partial charge in [-0.15, -0.1) is 0 Å². The third-order valence-electron chi connectivity index (χ3n) is 6.15. The zero-order valence-electron chi connectivity index (χ0n) is 21.5. The van der Waals surface area contributed by atoms with E-state index >= 15 is 0 Å². The van der Waals surface area contributed by atoms with Gasteiger partial charge in [0.2, 0.25) is 11.8 Å². The van der Waals surface area contributed by atoms with Crippen molar-refractivity contribution in [1.29, 1.82) is 0 Å². The Morgan fingerprint density at radius 3 is 2.59 bits per heavy atom. The summed E-state index contributed by atoms with van der Waals surface area (Å²) in [6.07, 6.45) is 5.22. The standard InChI is InChI=1S/C27H38N4O6/c1-3-9-19-18(2)22(21-11-5-4-10-20(19)21)17-37-27(36)30-16-24(32)31-23(12-6-7-14-28)26(35)29-15-8-13-25(33)34/h3-5,9-11,22-23H,6-8,12-17,28H2,1-2H3,(H,29,35)(H,30,36)(H,31,32)(H,33,34)/b9-3-/t22?,23-/m0/s1. The van der Waals surface area contributed by atoms with Crippen LogP contribution in [0.2, 0.25) is 0 Å². The van der Waals surface area contributed by atoms with E-state index in [-0.39, 0.29) is 38.5 Å². The number of ether oxygens (including phenoxy) is 1. The molecule has 0 fully saturated rings. The average molecular weight is 515 g/mol. The van der Waals surface area contributed by atoms with Gasteiger partial charge >= 0.3 is 12.1 Å². The van der Waals surface area contributed by atoms with Gasteiger partial charge in [0.25, 0.3) is 0 Å². The molecule has 3 amide bonds. The summed E-state index contributed by atoms with van der Waals surface area (Å²) in [6, 6.07) is 7.18. The molecule has 0 saturated carbocycles. The van der Waals surface area contributed by atoms with E-state index in [1.165, 1.54) is 0 Å². The van der Waals surface area contributed by atoms with Gasteiger partial charge in [0, 0.05) is 18.9 Å². The zero-order valence-corrected chi connectivity index (χ0v) is 21.5. The lowest BCUT2D eigenvalue weighted by Gasteiger charge is -2.19. The molecule has 10 heteroatoms. The molecule has 0 bridgehead atoms. The molecular formula is C27H38N4O6. The molecule has 6 N–H and O–H groups in total. The number of nitrogens with one attached hydrogen (secondary N) is 3. The van der Waals surface area contributed by atoms with Crippen LogP contribution >= 0.6 is 0 Å². The first kappa shape index (κ1) is 29.6. The summed E-state index contributed by atoms with van der Waals surface area (Å²) >= 11 is 0. The number of unbranched alkanes of at least 4 members (excludes halogenated alkanes) is 1. The van der Waals surface area contributed by atoms with Gasteiger partial charge in [-0.3, -0.25) is 14.4 Å². The maximum Gasteiger partial charge on any atom is 0.407 e. The van der Waals surface area contributed by atoms with Crippen molar-refractivity contribution < 1.29 is 29.0 Å². The van der Waals surface area contributed by atoms with Crippen LogP contribution in [0.25, 0.3) is 5.57 Å². The highest BCUT2D eigenvalue weighted by Crippen LogP contribution is 2.42. The van der Waals surface area contributed by atoms with Crippen LogP contribution in [0, 0.1) is 0 Å². The highest BCUT2D eigenvalue weighted by molar-refractivity contribution is 5.89. The third kappa shape index (κ3) is 9.38. The SMILES string of the molecule is C/C=C\C1=C(C)C(COC(=O)NCC(=O)N[C@@H](CCCCN)C(=O)NCCCC(=O)O)c2ccccc21. The van der Waals surface area contributed by atoms with Gasteiger partial charge in [0.1, 0.15) is 19.2 Å². The van der Waals surface area contributed by atoms with Crippen molar-refractivity contribution in [2.45, 2.75) is 57.9 Å². The van der Waals surface area contributed by atoms with Crippen molar-refractivity contribution >= 4 is 29.5 Å². The first-order valence-electron chi connectivity index (χ1n) is 12.6. The number of aliphatic carboxylic acids is 1. The molecule has 0 aromatic heterocycles. The summed E-state index contributed by atoms with van der Waals surface area (Å²) in [6.45, 7) is 4.41. The van der Waals surface area contributed by atoms with Crippen LogP contribution in [-0.2, 0) is 19.1 Å². The van der Waals surface area contributed by atoms with E-state index in [9.17, 15) is 19.2 Å². The molecule has 1 aromatic carbocycles. The van der Waals surface area contributed by atoms with Crippen LogP contribution in [0.4, 0.5) is 4.79 Å². The second-order valence-corrected chi connectivity index (χ2v) is 8.88. The van der Waals surface area contributed by atoms with Gasteiger partial charge in [-0.2, -0.15) is 0 Å². The lowest BCUT2D eigenvalue weighted by atomic mass is 9.98. The summed E-state index contributed by atoms with van der Waals surface area (Å²) in [5.41, 5.74) is 9.96. The van der Waals surface area contributed by atoms with Crippen molar-refractivity contribution in [1.82, 2.24) is 16.0 Å². The maximum atomic E-state index is 12.5. The molecule has 1 unspecified atom stereocenters. The molecule has 10 nitrogen and oxygen atoms in total. The number of rotatable bonds is 15. The second kappa shape index (κ2) is 15.5. The first-order valence-corrected chi connectivity index (χ1v) is 12.6. The fraction of sp³-hybridized carbons (Fsp3) is 0.481. The predicted molar refractivity (Wildman–Crippen MR) is 141 cm³/mol. The number of benzene rings is 1. The average Bonchev–Trinajstić information content (AvgIpc) is 3.14. The molecule has 37 heavy (non-hydrogen) atoms. The van der Waals surface area contributed by atoms with E-state index in [4.69, 9.17) is 15.6 Å². The topological polar surface area (TPSA) is 160 Å². The normalized spacial score (nSPS) is 15.3. The minimum Gasteiger partial charge on any atom is -0.481 e. The molecule has 0 radical (unpaired) electrons. The Morgan fingerprint density at radius 1 is 1.14 bits per heavy atom. The fourth-order valence-corrected chi connectivity index (χ4v) is 4.23. The molecule has 0 aliphatic heterocycles. The summed E-state index contributed by atoms with van der Waals surface area (Å²) in [5, 5.41) is 16.4.